The molecule has 19 heavy (non-hydrogen) atoms. The fourth-order valence-corrected chi connectivity index (χ4v) is 3.04. The smallest absolute Gasteiger partial charge is 0.149 e. The Labute approximate surface area is 121 Å². The Bertz CT molecular complexity index is 580. The third-order valence-electron chi connectivity index (χ3n) is 2.89. The van der Waals surface area contributed by atoms with Gasteiger partial charge in [0.05, 0.1) is 0 Å². The zero-order valence-corrected chi connectivity index (χ0v) is 14.0. The lowest BCUT2D eigenvalue weighted by Crippen LogP contribution is -2.22. The van der Waals surface area contributed by atoms with Crippen LogP contribution in [-0.4, -0.2) is 24.5 Å². The van der Waals surface area contributed by atoms with Gasteiger partial charge in [0, 0.05) is 20.1 Å². The zero-order valence-electron chi connectivity index (χ0n) is 11.4. The average Bonchev–Trinajstić information content (AvgIpc) is 2.62. The summed E-state index contributed by atoms with van der Waals surface area (Å²) in [4.78, 5) is 0. The molecule has 0 aliphatic rings. The first-order valence-electron chi connectivity index (χ1n) is 6.27. The molecule has 0 atom stereocenters. The predicted molar refractivity (Wildman–Crippen MR) is 81.5 cm³/mol. The van der Waals surface area contributed by atoms with Crippen LogP contribution in [-0.2, 0) is 11.5 Å². The molecule has 1 aromatic heterocycles. The quantitative estimate of drug-likeness (QED) is 0.598. The van der Waals surface area contributed by atoms with Gasteiger partial charge in [0.15, 0.2) is 0 Å². The van der Waals surface area contributed by atoms with Crippen molar-refractivity contribution in [2.24, 2.45) is 0 Å². The van der Waals surface area contributed by atoms with E-state index in [-0.39, 0.29) is 12.5 Å². The summed E-state index contributed by atoms with van der Waals surface area (Å²) >= 11 is 3.35. The summed E-state index contributed by atoms with van der Waals surface area (Å²) in [5, 5.41) is 5.04. The summed E-state index contributed by atoms with van der Waals surface area (Å²) in [7, 11) is -1.09. The Kier molecular flexibility index (Phi) is 4.42. The molecule has 3 nitrogen and oxygen atoms in total. The van der Waals surface area contributed by atoms with Crippen LogP contribution in [0.4, 0.5) is 4.39 Å². The van der Waals surface area contributed by atoms with Crippen LogP contribution in [0.2, 0.25) is 25.7 Å². The molecule has 0 saturated heterocycles. The second kappa shape index (κ2) is 5.72. The minimum atomic E-state index is -1.09. The molecule has 104 valence electrons. The second-order valence-electron chi connectivity index (χ2n) is 5.77. The molecule has 0 radical (unpaired) electrons. The van der Waals surface area contributed by atoms with E-state index in [4.69, 9.17) is 4.74 Å². The molecule has 0 bridgehead atoms. The third-order valence-corrected chi connectivity index (χ3v) is 5.18. The van der Waals surface area contributed by atoms with E-state index in [1.54, 1.807) is 10.7 Å². The molecule has 0 N–H and O–H groups in total. The van der Waals surface area contributed by atoms with Crippen LogP contribution < -0.4 is 0 Å². The maximum atomic E-state index is 13.8. The number of nitrogens with zero attached hydrogens (tertiary/aromatic N) is 2. The minimum absolute atomic E-state index is 0.274. The Morgan fingerprint density at radius 1 is 1.37 bits per heavy atom. The Morgan fingerprint density at radius 3 is 2.79 bits per heavy atom. The Hall–Kier alpha value is -0.723. The van der Waals surface area contributed by atoms with Crippen LogP contribution in [0.15, 0.2) is 22.8 Å². The van der Waals surface area contributed by atoms with Gasteiger partial charge in [0.25, 0.3) is 0 Å². The highest BCUT2D eigenvalue weighted by molar-refractivity contribution is 9.10. The first-order chi connectivity index (χ1) is 8.88. The lowest BCUT2D eigenvalue weighted by Gasteiger charge is -2.15. The van der Waals surface area contributed by atoms with Crippen LogP contribution in [0, 0.1) is 5.82 Å². The molecule has 0 fully saturated rings. The molecule has 1 heterocycles. The maximum absolute atomic E-state index is 13.8. The molecule has 0 amide bonds. The highest BCUT2D eigenvalue weighted by atomic mass is 79.9. The highest BCUT2D eigenvalue weighted by Crippen LogP contribution is 2.25. The van der Waals surface area contributed by atoms with Crippen molar-refractivity contribution in [3.05, 3.63) is 28.6 Å². The molecule has 0 saturated carbocycles. The van der Waals surface area contributed by atoms with Crippen molar-refractivity contribution < 1.29 is 9.13 Å². The summed E-state index contributed by atoms with van der Waals surface area (Å²) in [5.41, 5.74) is 0.488. The van der Waals surface area contributed by atoms with Crippen molar-refractivity contribution >= 4 is 34.9 Å². The van der Waals surface area contributed by atoms with E-state index in [1.165, 1.54) is 6.07 Å². The predicted octanol–water partition coefficient (Wildman–Crippen LogP) is 4.25. The summed E-state index contributed by atoms with van der Waals surface area (Å²) in [6.45, 7) is 7.89. The molecule has 0 spiro atoms. The van der Waals surface area contributed by atoms with Crippen molar-refractivity contribution in [3.63, 3.8) is 0 Å². The van der Waals surface area contributed by atoms with E-state index < -0.39 is 8.07 Å². The van der Waals surface area contributed by atoms with E-state index in [0.29, 0.717) is 16.7 Å². The SMILES string of the molecule is C[Si](C)(C)CCOCn1nc(Br)c2cccc(F)c21. The highest BCUT2D eigenvalue weighted by Gasteiger charge is 2.14. The molecule has 2 aromatic rings. The van der Waals surface area contributed by atoms with Crippen LogP contribution in [0.25, 0.3) is 10.9 Å². The van der Waals surface area contributed by atoms with Crippen molar-refractivity contribution in [2.45, 2.75) is 32.4 Å². The van der Waals surface area contributed by atoms with Crippen LogP contribution in [0.5, 0.6) is 0 Å². The molecule has 0 aliphatic carbocycles. The molecule has 0 unspecified atom stereocenters. The average molecular weight is 345 g/mol. The van der Waals surface area contributed by atoms with Crippen molar-refractivity contribution in [1.82, 2.24) is 9.78 Å². The summed E-state index contributed by atoms with van der Waals surface area (Å²) in [6.07, 6.45) is 0. The van der Waals surface area contributed by atoms with Crippen molar-refractivity contribution in [3.8, 4) is 0 Å². The number of rotatable bonds is 5. The van der Waals surface area contributed by atoms with Crippen LogP contribution >= 0.6 is 15.9 Å². The molecular formula is C13H18BrFN2OSi. The second-order valence-corrected chi connectivity index (χ2v) is 12.1. The normalized spacial score (nSPS) is 12.3. The lowest BCUT2D eigenvalue weighted by atomic mass is 10.2. The number of para-hydroxylation sites is 1. The van der Waals surface area contributed by atoms with Gasteiger partial charge < -0.3 is 4.74 Å². The van der Waals surface area contributed by atoms with E-state index in [2.05, 4.69) is 40.7 Å². The van der Waals surface area contributed by atoms with Crippen LogP contribution in [0.3, 0.4) is 0 Å². The Morgan fingerprint density at radius 2 is 2.11 bits per heavy atom. The summed E-state index contributed by atoms with van der Waals surface area (Å²) in [5.74, 6) is -0.274. The number of ether oxygens (including phenoxy) is 1. The van der Waals surface area contributed by atoms with Gasteiger partial charge in [0.1, 0.15) is 22.7 Å². The van der Waals surface area contributed by atoms with Crippen LogP contribution in [0.1, 0.15) is 0 Å². The number of aromatic nitrogens is 2. The number of benzene rings is 1. The maximum Gasteiger partial charge on any atom is 0.149 e. The van der Waals surface area contributed by atoms with Gasteiger partial charge >= 0.3 is 0 Å². The number of halogens is 2. The van der Waals surface area contributed by atoms with Crippen molar-refractivity contribution in [2.75, 3.05) is 6.61 Å². The van der Waals surface area contributed by atoms with E-state index in [0.717, 1.165) is 11.4 Å². The molecule has 6 heteroatoms. The summed E-state index contributed by atoms with van der Waals surface area (Å²) in [6, 6.07) is 6.06. The summed E-state index contributed by atoms with van der Waals surface area (Å²) < 4.78 is 21.7. The van der Waals surface area contributed by atoms with E-state index >= 15 is 0 Å². The van der Waals surface area contributed by atoms with E-state index in [1.807, 2.05) is 6.07 Å². The lowest BCUT2D eigenvalue weighted by molar-refractivity contribution is 0.0811. The van der Waals surface area contributed by atoms with Gasteiger partial charge in [-0.15, -0.1) is 0 Å². The minimum Gasteiger partial charge on any atom is -0.360 e. The third kappa shape index (κ3) is 3.64. The fraction of sp³-hybridized carbons (Fsp3) is 0.462. The molecule has 1 aromatic carbocycles. The fourth-order valence-electron chi connectivity index (χ4n) is 1.78. The first kappa shape index (κ1) is 14.7. The zero-order chi connectivity index (χ0) is 14.0. The van der Waals surface area contributed by atoms with Crippen molar-refractivity contribution in [1.29, 1.82) is 0 Å². The first-order valence-corrected chi connectivity index (χ1v) is 10.8. The molecule has 0 aliphatic heterocycles. The largest absolute Gasteiger partial charge is 0.360 e. The number of hydrogen-bond donors (Lipinski definition) is 0. The molecular weight excluding hydrogens is 327 g/mol. The molecule has 2 rings (SSSR count). The standard InChI is InChI=1S/C13H18BrFN2OSi/c1-19(2,3)8-7-18-9-17-12-10(13(14)16-17)5-4-6-11(12)15/h4-6H,7-9H2,1-3H3. The monoisotopic (exact) mass is 344 g/mol. The van der Waals surface area contributed by atoms with Gasteiger partial charge in [-0.1, -0.05) is 25.7 Å². The topological polar surface area (TPSA) is 27.1 Å². The van der Waals surface area contributed by atoms with Gasteiger partial charge in [-0.05, 0) is 34.1 Å². The number of hydrogen-bond acceptors (Lipinski definition) is 2. The van der Waals surface area contributed by atoms with E-state index in [9.17, 15) is 4.39 Å². The Balaban J connectivity index is 2.09. The van der Waals surface area contributed by atoms with Gasteiger partial charge in [-0.25, -0.2) is 9.07 Å². The van der Waals surface area contributed by atoms with Gasteiger partial charge in [-0.2, -0.15) is 5.10 Å². The van der Waals surface area contributed by atoms with Gasteiger partial charge in [-0.3, -0.25) is 0 Å². The van der Waals surface area contributed by atoms with Gasteiger partial charge in [0.2, 0.25) is 0 Å². The number of fused-ring (bicyclic) bond motifs is 1.